The molecule has 2 amide bonds. The van der Waals surface area contributed by atoms with Gasteiger partial charge in [-0.05, 0) is 115 Å². The van der Waals surface area contributed by atoms with Crippen molar-refractivity contribution in [3.8, 4) is 0 Å². The van der Waals surface area contributed by atoms with Crippen molar-refractivity contribution < 1.29 is 47.9 Å². The molecule has 0 aromatic rings. The van der Waals surface area contributed by atoms with Crippen molar-refractivity contribution >= 4 is 58.1 Å². The molecule has 0 aromatic carbocycles. The normalized spacial score (nSPS) is 13.9. The fourth-order valence-corrected chi connectivity index (χ4v) is 7.64. The summed E-state index contributed by atoms with van der Waals surface area (Å²) >= 11 is 0. The van der Waals surface area contributed by atoms with E-state index in [-0.39, 0.29) is 136 Å². The van der Waals surface area contributed by atoms with E-state index in [1.165, 1.54) is 0 Å². The Balaban J connectivity index is -0.000000330. The predicted octanol–water partition coefficient (Wildman–Crippen LogP) is 12.4. The standard InChI is InChI=1S/C19H36N2O3.C17H33NO2.C16H31NO2.C15H28N2O3.CH4/c1-17(2,3)14(22)12-20-15(23)11-10-13(21-19(7,8)9)16(24)18(4,5)6;1-15(2,3)13(19)11-10-12(18-17(7,8)9)14(20)16(4,5)6;1-8-12(18)10-11-13(17-15(3,4)5)14(19)16(6,7)9-2;1-6-11(18)8-9-12(13(19)7-2)17-14(20)10-16-15(3,4)5;/h13,21H,10-12H2,1-9H3,(H,20,23);12,18H,10-11H2,1-9H3;13,17H,8-11H2,1-7H3;12,16H,6-10H2,1-5H3,(H,17,20);1H4. The highest BCUT2D eigenvalue weighted by atomic mass is 16.2. The lowest BCUT2D eigenvalue weighted by Crippen LogP contribution is -2.51. The molecule has 16 nitrogen and oxygen atoms in total. The highest BCUT2D eigenvalue weighted by molar-refractivity contribution is 5.93. The fraction of sp³-hybridized carbons (Fsp3) is 0.853. The number of amides is 2. The van der Waals surface area contributed by atoms with Crippen LogP contribution in [0, 0.1) is 27.1 Å². The van der Waals surface area contributed by atoms with Crippen molar-refractivity contribution in [3.63, 3.8) is 0 Å². The van der Waals surface area contributed by atoms with E-state index in [0.717, 1.165) is 6.42 Å². The summed E-state index contributed by atoms with van der Waals surface area (Å²) in [5, 5.41) is 18.5. The molecule has 0 aromatic heterocycles. The first-order chi connectivity index (χ1) is 36.9. The SMILES string of the molecule is C.CC(C)(C)NC(CCC(=O)C(C)(C)C)C(=O)C(C)(C)C.CC(C)(C)NC(CCC(=O)NCC(=O)C(C)(C)C)C(=O)C(C)(C)C.CCC(=O)CCC(NC(=O)CNC(C)(C)C)C(=O)CC.CCC(=O)CCC(NC(C)(C)C)C(=O)C(C)(C)CC. The second-order valence-electron chi connectivity index (χ2n) is 31.3. The van der Waals surface area contributed by atoms with Gasteiger partial charge in [0, 0.05) is 94.2 Å². The molecule has 0 saturated heterocycles. The lowest BCUT2D eigenvalue weighted by Gasteiger charge is -2.33. The third-order valence-electron chi connectivity index (χ3n) is 13.3. The topological polar surface area (TPSA) is 243 Å². The summed E-state index contributed by atoms with van der Waals surface area (Å²) in [6.45, 7) is 58.5. The van der Waals surface area contributed by atoms with Crippen LogP contribution >= 0.6 is 0 Å². The van der Waals surface area contributed by atoms with Crippen LogP contribution in [0.1, 0.15) is 292 Å². The number of Topliss-reactive ketones (excluding diaryl/α,β-unsaturated/α-hetero) is 8. The molecule has 0 aliphatic heterocycles. The number of carbonyl (C=O) groups is 10. The maximum atomic E-state index is 12.6. The van der Waals surface area contributed by atoms with Gasteiger partial charge in [0.25, 0.3) is 0 Å². The Morgan fingerprint density at radius 3 is 0.976 bits per heavy atom. The molecule has 0 bridgehead atoms. The number of carbonyl (C=O) groups excluding carboxylic acids is 10. The van der Waals surface area contributed by atoms with Crippen molar-refractivity contribution in [3.05, 3.63) is 0 Å². The van der Waals surface area contributed by atoms with Gasteiger partial charge < -0.3 is 31.9 Å². The van der Waals surface area contributed by atoms with Crippen LogP contribution in [0.15, 0.2) is 0 Å². The van der Waals surface area contributed by atoms with Crippen molar-refractivity contribution in [1.29, 1.82) is 0 Å². The molecule has 16 heteroatoms. The molecular formula is C68H132N6O10. The van der Waals surface area contributed by atoms with E-state index in [9.17, 15) is 47.9 Å². The van der Waals surface area contributed by atoms with Crippen LogP contribution in [-0.2, 0) is 47.9 Å². The van der Waals surface area contributed by atoms with E-state index in [1.807, 2.05) is 194 Å². The third kappa shape index (κ3) is 45.5. The van der Waals surface area contributed by atoms with Gasteiger partial charge in [-0.3, -0.25) is 47.9 Å². The average molecular weight is 1190 g/mol. The Bertz CT molecular complexity index is 2050. The van der Waals surface area contributed by atoms with E-state index < -0.39 is 22.3 Å². The van der Waals surface area contributed by atoms with Gasteiger partial charge in [-0.1, -0.05) is 132 Å². The summed E-state index contributed by atoms with van der Waals surface area (Å²) in [6.07, 6.45) is 5.65. The van der Waals surface area contributed by atoms with Gasteiger partial charge in [0.2, 0.25) is 11.8 Å². The summed E-state index contributed by atoms with van der Waals surface area (Å²) in [6, 6.07) is -1.43. The second kappa shape index (κ2) is 38.4. The molecule has 494 valence electrons. The zero-order valence-electron chi connectivity index (χ0n) is 58.8. The van der Waals surface area contributed by atoms with Crippen LogP contribution in [0.3, 0.4) is 0 Å². The maximum Gasteiger partial charge on any atom is 0.234 e. The molecule has 84 heavy (non-hydrogen) atoms. The Labute approximate surface area is 514 Å². The van der Waals surface area contributed by atoms with Crippen LogP contribution in [-0.4, -0.2) is 117 Å². The molecule has 0 spiro atoms. The molecule has 0 fully saturated rings. The summed E-state index contributed by atoms with van der Waals surface area (Å²) in [5.74, 6) is 0.581. The molecule has 4 atom stereocenters. The van der Waals surface area contributed by atoms with Gasteiger partial charge in [-0.25, -0.2) is 0 Å². The third-order valence-corrected chi connectivity index (χ3v) is 13.3. The van der Waals surface area contributed by atoms with Crippen molar-refractivity contribution in [2.45, 2.75) is 339 Å². The maximum absolute atomic E-state index is 12.6. The molecule has 0 aliphatic carbocycles. The van der Waals surface area contributed by atoms with E-state index in [0.29, 0.717) is 64.2 Å². The second-order valence-corrected chi connectivity index (χ2v) is 31.3. The molecule has 0 heterocycles. The van der Waals surface area contributed by atoms with E-state index in [1.54, 1.807) is 13.8 Å². The lowest BCUT2D eigenvalue weighted by atomic mass is 9.80. The zero-order valence-corrected chi connectivity index (χ0v) is 58.8. The van der Waals surface area contributed by atoms with Gasteiger partial charge in [0.05, 0.1) is 37.3 Å². The van der Waals surface area contributed by atoms with Gasteiger partial charge in [-0.15, -0.1) is 0 Å². The summed E-state index contributed by atoms with van der Waals surface area (Å²) < 4.78 is 0. The average Bonchev–Trinajstić information content (AvgIpc) is 3.31. The van der Waals surface area contributed by atoms with Crippen molar-refractivity contribution in [2.24, 2.45) is 27.1 Å². The molecule has 0 radical (unpaired) electrons. The van der Waals surface area contributed by atoms with Crippen molar-refractivity contribution in [1.82, 2.24) is 31.9 Å². The number of hydrogen-bond acceptors (Lipinski definition) is 14. The predicted molar refractivity (Wildman–Crippen MR) is 349 cm³/mol. The fourth-order valence-electron chi connectivity index (χ4n) is 7.64. The van der Waals surface area contributed by atoms with Gasteiger partial charge in [-0.2, -0.15) is 0 Å². The first-order valence-electron chi connectivity index (χ1n) is 30.8. The smallest absolute Gasteiger partial charge is 0.234 e. The molecule has 0 saturated carbocycles. The van der Waals surface area contributed by atoms with Crippen LogP contribution in [0.2, 0.25) is 0 Å². The lowest BCUT2D eigenvalue weighted by molar-refractivity contribution is -0.131. The number of rotatable bonds is 29. The summed E-state index contributed by atoms with van der Waals surface area (Å²) in [7, 11) is 0. The minimum absolute atomic E-state index is 0. The number of ketones is 8. The molecule has 6 N–H and O–H groups in total. The quantitative estimate of drug-likeness (QED) is 0.0408. The molecular weight excluding hydrogens is 1060 g/mol. The van der Waals surface area contributed by atoms with E-state index >= 15 is 0 Å². The van der Waals surface area contributed by atoms with Crippen LogP contribution in [0.5, 0.6) is 0 Å². The Morgan fingerprint density at radius 2 is 0.679 bits per heavy atom. The Morgan fingerprint density at radius 1 is 0.345 bits per heavy atom. The zero-order chi connectivity index (χ0) is 66.7. The monoisotopic (exact) mass is 1190 g/mol. The molecule has 0 aliphatic rings. The van der Waals surface area contributed by atoms with Crippen molar-refractivity contribution in [2.75, 3.05) is 13.1 Å². The van der Waals surface area contributed by atoms with Gasteiger partial charge in [0.1, 0.15) is 17.3 Å². The Kier molecular flexibility index (Phi) is 40.7. The van der Waals surface area contributed by atoms with E-state index in [2.05, 4.69) is 31.9 Å². The van der Waals surface area contributed by atoms with Gasteiger partial charge >= 0.3 is 0 Å². The number of nitrogens with one attached hydrogen (secondary N) is 6. The Hall–Kier alpha value is -3.86. The van der Waals surface area contributed by atoms with Crippen LogP contribution in [0.25, 0.3) is 0 Å². The first kappa shape index (κ1) is 88.9. The first-order valence-corrected chi connectivity index (χ1v) is 30.8. The summed E-state index contributed by atoms with van der Waals surface area (Å²) in [4.78, 5) is 120. The highest BCUT2D eigenvalue weighted by Crippen LogP contribution is 2.27. The number of hydrogen-bond donors (Lipinski definition) is 6. The van der Waals surface area contributed by atoms with E-state index in [4.69, 9.17) is 0 Å². The van der Waals surface area contributed by atoms with Gasteiger partial charge in [0.15, 0.2) is 28.9 Å². The van der Waals surface area contributed by atoms with Crippen LogP contribution in [0.4, 0.5) is 0 Å². The highest BCUT2D eigenvalue weighted by Gasteiger charge is 2.36. The minimum Gasteiger partial charge on any atom is -0.349 e. The minimum atomic E-state index is -0.551. The largest absolute Gasteiger partial charge is 0.349 e. The molecule has 0 rings (SSSR count). The van der Waals surface area contributed by atoms with Crippen LogP contribution < -0.4 is 31.9 Å². The molecule has 4 unspecified atom stereocenters. The summed E-state index contributed by atoms with van der Waals surface area (Å²) in [5.41, 5.74) is -2.64.